The number of methoxy groups -OCH3 is 1. The van der Waals surface area contributed by atoms with Crippen LogP contribution in [0.2, 0.25) is 0 Å². The van der Waals surface area contributed by atoms with E-state index in [-0.39, 0.29) is 6.04 Å². The Kier molecular flexibility index (Phi) is 9.84. The first-order valence-corrected chi connectivity index (χ1v) is 10.7. The third-order valence-corrected chi connectivity index (χ3v) is 5.18. The highest BCUT2D eigenvalue weighted by atomic mass is 16.5. The van der Waals surface area contributed by atoms with Gasteiger partial charge in [0, 0.05) is 32.7 Å². The third kappa shape index (κ3) is 8.10. The normalized spacial score (nSPS) is 18.7. The van der Waals surface area contributed by atoms with Crippen LogP contribution in [-0.4, -0.2) is 100 Å². The Bertz CT molecular complexity index is 643. The number of hydrogen-bond donors (Lipinski definition) is 3. The van der Waals surface area contributed by atoms with Gasteiger partial charge in [-0.1, -0.05) is 12.1 Å². The van der Waals surface area contributed by atoms with E-state index in [9.17, 15) is 5.11 Å². The molecule has 30 heavy (non-hydrogen) atoms. The number of guanidine groups is 1. The van der Waals surface area contributed by atoms with Crippen LogP contribution in [0.1, 0.15) is 25.5 Å². The standard InChI is InChI=1S/C22H39N5O3/c1-6-23-21(25-16-22(2,28)17-27-11-13-30-14-12-27)24-15-20(26(3)4)18-7-9-19(29-5)10-8-18/h7-10,20,28H,6,11-17H2,1-5H3,(H2,23,24,25). The number of hydrogen-bond acceptors (Lipinski definition) is 6. The minimum absolute atomic E-state index is 0.175. The van der Waals surface area contributed by atoms with E-state index in [4.69, 9.17) is 9.47 Å². The Morgan fingerprint density at radius 2 is 1.93 bits per heavy atom. The molecule has 0 saturated carbocycles. The van der Waals surface area contributed by atoms with E-state index >= 15 is 0 Å². The summed E-state index contributed by atoms with van der Waals surface area (Å²) in [6, 6.07) is 8.31. The lowest BCUT2D eigenvalue weighted by molar-refractivity contribution is -0.0180. The lowest BCUT2D eigenvalue weighted by atomic mass is 10.1. The van der Waals surface area contributed by atoms with Gasteiger partial charge in [-0.05, 0) is 45.6 Å². The number of β-amino-alcohol motifs (C(OH)–C–C–N with tert-alkyl or cyclic N) is 1. The van der Waals surface area contributed by atoms with Gasteiger partial charge in [0.2, 0.25) is 0 Å². The van der Waals surface area contributed by atoms with E-state index < -0.39 is 5.60 Å². The van der Waals surface area contributed by atoms with Gasteiger partial charge in [-0.25, -0.2) is 0 Å². The highest BCUT2D eigenvalue weighted by molar-refractivity contribution is 5.79. The fourth-order valence-electron chi connectivity index (χ4n) is 3.50. The first kappa shape index (κ1) is 24.4. The molecule has 1 aliphatic heterocycles. The van der Waals surface area contributed by atoms with Crippen LogP contribution < -0.4 is 15.4 Å². The Morgan fingerprint density at radius 1 is 1.27 bits per heavy atom. The van der Waals surface area contributed by atoms with E-state index in [1.807, 2.05) is 26.0 Å². The second kappa shape index (κ2) is 12.1. The molecule has 1 aliphatic rings. The molecule has 2 unspecified atom stereocenters. The Balaban J connectivity index is 1.97. The molecule has 2 atom stereocenters. The van der Waals surface area contributed by atoms with Crippen molar-refractivity contribution in [3.8, 4) is 5.75 Å². The van der Waals surface area contributed by atoms with Gasteiger partial charge in [-0.15, -0.1) is 0 Å². The van der Waals surface area contributed by atoms with Gasteiger partial charge in [-0.3, -0.25) is 9.89 Å². The second-order valence-corrected chi connectivity index (χ2v) is 8.21. The zero-order valence-corrected chi connectivity index (χ0v) is 19.1. The number of rotatable bonds is 10. The average molecular weight is 422 g/mol. The Morgan fingerprint density at radius 3 is 2.50 bits per heavy atom. The third-order valence-electron chi connectivity index (χ3n) is 5.18. The Hall–Kier alpha value is -1.87. The maximum absolute atomic E-state index is 10.8. The summed E-state index contributed by atoms with van der Waals surface area (Å²) in [6.07, 6.45) is 0. The summed E-state index contributed by atoms with van der Waals surface area (Å²) in [6.45, 7) is 9.39. The molecule has 1 fully saturated rings. The summed E-state index contributed by atoms with van der Waals surface area (Å²) in [5.41, 5.74) is 0.305. The average Bonchev–Trinajstić information content (AvgIpc) is 2.72. The van der Waals surface area contributed by atoms with Gasteiger partial charge < -0.3 is 30.1 Å². The summed E-state index contributed by atoms with van der Waals surface area (Å²) in [5, 5.41) is 17.5. The van der Waals surface area contributed by atoms with Crippen molar-refractivity contribution in [2.45, 2.75) is 25.5 Å². The number of ether oxygens (including phenoxy) is 2. The summed E-state index contributed by atoms with van der Waals surface area (Å²) in [4.78, 5) is 9.05. The molecule has 0 spiro atoms. The number of aliphatic imine (C=N–C) groups is 1. The monoisotopic (exact) mass is 421 g/mol. The highest BCUT2D eigenvalue weighted by Gasteiger charge is 2.25. The minimum atomic E-state index is -0.892. The van der Waals surface area contributed by atoms with Crippen molar-refractivity contribution in [3.05, 3.63) is 29.8 Å². The topological polar surface area (TPSA) is 81.6 Å². The maximum Gasteiger partial charge on any atom is 0.191 e. The first-order chi connectivity index (χ1) is 14.3. The van der Waals surface area contributed by atoms with Gasteiger partial charge in [0.1, 0.15) is 5.75 Å². The van der Waals surface area contributed by atoms with Crippen LogP contribution in [0.3, 0.4) is 0 Å². The van der Waals surface area contributed by atoms with Crippen molar-refractivity contribution in [2.24, 2.45) is 4.99 Å². The number of benzene rings is 1. The number of morpholine rings is 1. The summed E-state index contributed by atoms with van der Waals surface area (Å²) in [7, 11) is 5.80. The number of nitrogens with zero attached hydrogens (tertiary/aromatic N) is 3. The van der Waals surface area contributed by atoms with Gasteiger partial charge >= 0.3 is 0 Å². The molecule has 0 bridgehead atoms. The minimum Gasteiger partial charge on any atom is -0.497 e. The van der Waals surface area contributed by atoms with Crippen molar-refractivity contribution in [1.82, 2.24) is 20.4 Å². The molecule has 1 saturated heterocycles. The van der Waals surface area contributed by atoms with Crippen LogP contribution in [0.15, 0.2) is 29.3 Å². The molecule has 8 heteroatoms. The second-order valence-electron chi connectivity index (χ2n) is 8.21. The first-order valence-electron chi connectivity index (χ1n) is 10.7. The predicted molar refractivity (Wildman–Crippen MR) is 121 cm³/mol. The lowest BCUT2D eigenvalue weighted by Gasteiger charge is -2.33. The molecule has 0 amide bonds. The molecule has 1 aromatic rings. The summed E-state index contributed by atoms with van der Waals surface area (Å²) < 4.78 is 10.7. The van der Waals surface area contributed by atoms with Crippen molar-refractivity contribution in [2.75, 3.05) is 73.7 Å². The zero-order chi connectivity index (χ0) is 22.0. The molecular formula is C22H39N5O3. The Labute approximate surface area is 181 Å². The summed E-state index contributed by atoms with van der Waals surface area (Å²) >= 11 is 0. The number of nitrogens with one attached hydrogen (secondary N) is 2. The molecule has 0 radical (unpaired) electrons. The predicted octanol–water partition coefficient (Wildman–Crippen LogP) is 0.936. The fourth-order valence-corrected chi connectivity index (χ4v) is 3.50. The quantitative estimate of drug-likeness (QED) is 0.383. The highest BCUT2D eigenvalue weighted by Crippen LogP contribution is 2.20. The fraction of sp³-hybridized carbons (Fsp3) is 0.682. The van der Waals surface area contributed by atoms with E-state index in [1.165, 1.54) is 5.56 Å². The maximum atomic E-state index is 10.8. The summed E-state index contributed by atoms with van der Waals surface area (Å²) in [5.74, 6) is 1.56. The van der Waals surface area contributed by atoms with Gasteiger partial charge in [0.25, 0.3) is 0 Å². The molecule has 170 valence electrons. The number of likely N-dealkylation sites (N-methyl/N-ethyl adjacent to an activating group) is 1. The number of aliphatic hydroxyl groups is 1. The van der Waals surface area contributed by atoms with Gasteiger partial charge in [0.15, 0.2) is 5.96 Å². The van der Waals surface area contributed by atoms with Crippen LogP contribution in [0, 0.1) is 0 Å². The molecule has 8 nitrogen and oxygen atoms in total. The molecular weight excluding hydrogens is 382 g/mol. The molecule has 1 aromatic carbocycles. The smallest absolute Gasteiger partial charge is 0.191 e. The van der Waals surface area contributed by atoms with Crippen molar-refractivity contribution < 1.29 is 14.6 Å². The van der Waals surface area contributed by atoms with Gasteiger partial charge in [0.05, 0.1) is 38.5 Å². The van der Waals surface area contributed by atoms with Crippen LogP contribution >= 0.6 is 0 Å². The van der Waals surface area contributed by atoms with E-state index in [2.05, 4.69) is 51.7 Å². The van der Waals surface area contributed by atoms with E-state index in [0.29, 0.717) is 25.6 Å². The largest absolute Gasteiger partial charge is 0.497 e. The van der Waals surface area contributed by atoms with Crippen molar-refractivity contribution in [3.63, 3.8) is 0 Å². The van der Waals surface area contributed by atoms with Crippen LogP contribution in [0.25, 0.3) is 0 Å². The molecule has 3 N–H and O–H groups in total. The molecule has 0 aliphatic carbocycles. The SMILES string of the molecule is CCNC(=NCC(C)(O)CN1CCOCC1)NCC(c1ccc(OC)cc1)N(C)C. The van der Waals surface area contributed by atoms with E-state index in [0.717, 1.165) is 38.6 Å². The molecule has 1 heterocycles. The van der Waals surface area contributed by atoms with Gasteiger partial charge in [-0.2, -0.15) is 0 Å². The van der Waals surface area contributed by atoms with Crippen molar-refractivity contribution >= 4 is 5.96 Å². The zero-order valence-electron chi connectivity index (χ0n) is 19.1. The molecule has 2 rings (SSSR count). The lowest BCUT2D eigenvalue weighted by Crippen LogP contribution is -2.48. The van der Waals surface area contributed by atoms with Crippen molar-refractivity contribution in [1.29, 1.82) is 0 Å². The van der Waals surface area contributed by atoms with Crippen LogP contribution in [0.4, 0.5) is 0 Å². The molecule has 0 aromatic heterocycles. The van der Waals surface area contributed by atoms with Crippen LogP contribution in [0.5, 0.6) is 5.75 Å². The van der Waals surface area contributed by atoms with E-state index in [1.54, 1.807) is 7.11 Å². The van der Waals surface area contributed by atoms with Crippen LogP contribution in [-0.2, 0) is 4.74 Å².